The van der Waals surface area contributed by atoms with E-state index in [0.29, 0.717) is 0 Å². The number of rotatable bonds is 3. The Morgan fingerprint density at radius 2 is 0.897 bits per heavy atom. The summed E-state index contributed by atoms with van der Waals surface area (Å²) in [7, 11) is 0. The number of nitrogens with zero attached hydrogens (tertiary/aromatic N) is 1. The summed E-state index contributed by atoms with van der Waals surface area (Å²) in [6, 6.07) is 61.0. The Balaban J connectivity index is 0.000000911. The molecule has 58 heavy (non-hydrogen) atoms. The van der Waals surface area contributed by atoms with Gasteiger partial charge in [-0.15, -0.1) is 0 Å². The van der Waals surface area contributed by atoms with Gasteiger partial charge in [-0.1, -0.05) is 179 Å². The van der Waals surface area contributed by atoms with Gasteiger partial charge < -0.3 is 4.57 Å². The Morgan fingerprint density at radius 3 is 1.55 bits per heavy atom. The zero-order valence-electron chi connectivity index (χ0n) is 33.9. The second kappa shape index (κ2) is 13.3. The minimum absolute atomic E-state index is 0.197. The Kier molecular flexibility index (Phi) is 7.99. The lowest BCUT2D eigenvalue weighted by Gasteiger charge is -2.26. The summed E-state index contributed by atoms with van der Waals surface area (Å²) >= 11 is 0. The number of hydrogen-bond donors (Lipinski definition) is 0. The summed E-state index contributed by atoms with van der Waals surface area (Å²) < 4.78 is 2.53. The van der Waals surface area contributed by atoms with Crippen LogP contribution < -0.4 is 0 Å². The number of benzene rings is 9. The van der Waals surface area contributed by atoms with Crippen LogP contribution in [-0.2, 0) is 5.41 Å². The first-order valence-corrected chi connectivity index (χ1v) is 21.1. The van der Waals surface area contributed by atoms with Gasteiger partial charge in [-0.3, -0.25) is 0 Å². The highest BCUT2D eigenvalue weighted by Crippen LogP contribution is 2.55. The molecule has 0 saturated heterocycles. The lowest BCUT2D eigenvalue weighted by Crippen LogP contribution is -2.18. The Hall–Kier alpha value is -6.44. The maximum atomic E-state index is 2.53. The molecular formula is C57H47N. The zero-order chi connectivity index (χ0) is 39.1. The van der Waals surface area contributed by atoms with E-state index in [1.165, 1.54) is 141 Å². The molecule has 9 aromatic carbocycles. The van der Waals surface area contributed by atoms with Crippen LogP contribution in [0.2, 0.25) is 0 Å². The third-order valence-electron chi connectivity index (χ3n) is 13.5. The minimum Gasteiger partial charge on any atom is -0.309 e. The van der Waals surface area contributed by atoms with Crippen molar-refractivity contribution in [3.63, 3.8) is 0 Å². The summed E-state index contributed by atoms with van der Waals surface area (Å²) in [5, 5.41) is 10.4. The van der Waals surface area contributed by atoms with Gasteiger partial charge in [-0.05, 0) is 126 Å². The highest BCUT2D eigenvalue weighted by atomic mass is 15.0. The lowest BCUT2D eigenvalue weighted by molar-refractivity contribution is 0.504. The van der Waals surface area contributed by atoms with Crippen molar-refractivity contribution in [2.24, 2.45) is 0 Å². The van der Waals surface area contributed by atoms with Crippen LogP contribution in [0.3, 0.4) is 0 Å². The maximum absolute atomic E-state index is 2.53. The monoisotopic (exact) mass is 745 g/mol. The molecule has 1 fully saturated rings. The molecule has 2 aliphatic carbocycles. The van der Waals surface area contributed by atoms with Crippen molar-refractivity contribution in [1.29, 1.82) is 0 Å². The van der Waals surface area contributed by atoms with Gasteiger partial charge >= 0.3 is 0 Å². The van der Waals surface area contributed by atoms with Crippen LogP contribution in [0, 0.1) is 13.8 Å². The fourth-order valence-electron chi connectivity index (χ4n) is 10.4. The van der Waals surface area contributed by atoms with E-state index in [2.05, 4.69) is 196 Å². The van der Waals surface area contributed by atoms with E-state index in [-0.39, 0.29) is 5.41 Å². The molecule has 1 nitrogen and oxygen atoms in total. The molecule has 0 bridgehead atoms. The molecule has 0 spiro atoms. The van der Waals surface area contributed by atoms with Crippen molar-refractivity contribution in [3.8, 4) is 39.1 Å². The van der Waals surface area contributed by atoms with E-state index in [4.69, 9.17) is 0 Å². The van der Waals surface area contributed by atoms with E-state index in [1.807, 2.05) is 0 Å². The Bertz CT molecular complexity index is 3220. The number of aryl methyl sites for hydroxylation is 1. The largest absolute Gasteiger partial charge is 0.309 e. The van der Waals surface area contributed by atoms with Crippen LogP contribution in [0.1, 0.15) is 61.8 Å². The van der Waals surface area contributed by atoms with Crippen molar-refractivity contribution in [3.05, 3.63) is 186 Å². The number of para-hydroxylation sites is 1. The van der Waals surface area contributed by atoms with E-state index >= 15 is 0 Å². The standard InChI is InChI=1S/C53H39N.C4H8/c1-32-13-5-6-14-37(32)38-27-28-45-46-29-30-47-44-19-11-12-20-49(44)54(52(47)51(46)53(3,4)50(45)33(38)2)36-24-21-34(22-25-36)35-23-26-43-41-17-8-7-15-39(41)40-16-9-10-18-42(40)48(43)31-35;1-2-4-3-1/h5-31H,1-4H3;1-4H2. The fraction of sp³-hybridized carbons (Fsp3) is 0.158. The molecule has 2 aliphatic rings. The molecule has 0 unspecified atom stereocenters. The van der Waals surface area contributed by atoms with Gasteiger partial charge in [0.25, 0.3) is 0 Å². The average Bonchev–Trinajstić information content (AvgIpc) is 3.69. The predicted molar refractivity (Wildman–Crippen MR) is 250 cm³/mol. The highest BCUT2D eigenvalue weighted by Gasteiger charge is 2.40. The van der Waals surface area contributed by atoms with Crippen LogP contribution in [0.4, 0.5) is 0 Å². The molecule has 0 aliphatic heterocycles. The molecule has 1 heterocycles. The fourth-order valence-corrected chi connectivity index (χ4v) is 10.4. The molecule has 0 radical (unpaired) electrons. The van der Waals surface area contributed by atoms with Gasteiger partial charge in [0, 0.05) is 21.9 Å². The molecule has 0 amide bonds. The zero-order valence-corrected chi connectivity index (χ0v) is 33.9. The SMILES string of the molecule is C1CCC1.Cc1ccccc1-c1ccc2c(c1C)C(C)(C)c1c-2ccc2c3ccccc3n(-c3ccc(-c4ccc5c6ccccc6c6ccccc6c5c4)cc3)c12. The Labute approximate surface area is 341 Å². The molecule has 0 atom stereocenters. The van der Waals surface area contributed by atoms with Gasteiger partial charge in [-0.2, -0.15) is 0 Å². The number of fused-ring (bicyclic) bond motifs is 13. The van der Waals surface area contributed by atoms with Crippen LogP contribution in [0.5, 0.6) is 0 Å². The van der Waals surface area contributed by atoms with E-state index in [0.717, 1.165) is 0 Å². The smallest absolute Gasteiger partial charge is 0.0588 e. The average molecular weight is 746 g/mol. The highest BCUT2D eigenvalue weighted by molar-refractivity contribution is 6.25. The molecule has 1 saturated carbocycles. The number of hydrogen-bond acceptors (Lipinski definition) is 0. The second-order valence-electron chi connectivity index (χ2n) is 17.2. The van der Waals surface area contributed by atoms with Crippen molar-refractivity contribution in [1.82, 2.24) is 4.57 Å². The summed E-state index contributed by atoms with van der Waals surface area (Å²) in [5.74, 6) is 0. The molecular weight excluding hydrogens is 699 g/mol. The van der Waals surface area contributed by atoms with Crippen molar-refractivity contribution in [2.45, 2.75) is 58.8 Å². The topological polar surface area (TPSA) is 4.93 Å². The summed E-state index contributed by atoms with van der Waals surface area (Å²) in [6.45, 7) is 9.42. The quantitative estimate of drug-likeness (QED) is 0.159. The Morgan fingerprint density at radius 1 is 0.397 bits per heavy atom. The number of aromatic nitrogens is 1. The lowest BCUT2D eigenvalue weighted by atomic mass is 9.78. The van der Waals surface area contributed by atoms with Gasteiger partial charge in [0.15, 0.2) is 0 Å². The van der Waals surface area contributed by atoms with E-state index < -0.39 is 0 Å². The molecule has 280 valence electrons. The first-order valence-electron chi connectivity index (χ1n) is 21.1. The van der Waals surface area contributed by atoms with Crippen molar-refractivity contribution in [2.75, 3.05) is 0 Å². The van der Waals surface area contributed by atoms with Crippen LogP contribution in [0.25, 0.3) is 93.2 Å². The van der Waals surface area contributed by atoms with Gasteiger partial charge in [0.2, 0.25) is 0 Å². The van der Waals surface area contributed by atoms with E-state index in [9.17, 15) is 0 Å². The summed E-state index contributed by atoms with van der Waals surface area (Å²) in [6.07, 6.45) is 6.00. The van der Waals surface area contributed by atoms with Crippen LogP contribution >= 0.6 is 0 Å². The first-order chi connectivity index (χ1) is 28.4. The molecule has 1 heteroatoms. The minimum atomic E-state index is -0.197. The molecule has 1 aromatic heterocycles. The summed E-state index contributed by atoms with van der Waals surface area (Å²) in [5.41, 5.74) is 16.9. The second-order valence-corrected chi connectivity index (χ2v) is 17.2. The van der Waals surface area contributed by atoms with Crippen LogP contribution in [-0.4, -0.2) is 4.57 Å². The first kappa shape index (κ1) is 34.8. The third kappa shape index (κ3) is 5.16. The van der Waals surface area contributed by atoms with Crippen LogP contribution in [0.15, 0.2) is 164 Å². The third-order valence-corrected chi connectivity index (χ3v) is 13.5. The maximum Gasteiger partial charge on any atom is 0.0588 e. The van der Waals surface area contributed by atoms with Gasteiger partial charge in [0.05, 0.1) is 11.0 Å². The van der Waals surface area contributed by atoms with Crippen molar-refractivity contribution < 1.29 is 0 Å². The van der Waals surface area contributed by atoms with Crippen molar-refractivity contribution >= 4 is 54.1 Å². The van der Waals surface area contributed by atoms with Gasteiger partial charge in [0.1, 0.15) is 0 Å². The predicted octanol–water partition coefficient (Wildman–Crippen LogP) is 16.1. The molecule has 10 aromatic rings. The molecule has 0 N–H and O–H groups in total. The normalized spacial score (nSPS) is 14.1. The molecule has 12 rings (SSSR count). The van der Waals surface area contributed by atoms with Gasteiger partial charge in [-0.25, -0.2) is 0 Å². The van der Waals surface area contributed by atoms with E-state index in [1.54, 1.807) is 0 Å². The summed E-state index contributed by atoms with van der Waals surface area (Å²) in [4.78, 5) is 0.